The highest BCUT2D eigenvalue weighted by atomic mass is 31.3. The molecule has 0 aromatic carbocycles. The minimum absolute atomic E-state index is 0.0626. The van der Waals surface area contributed by atoms with Crippen molar-refractivity contribution in [1.82, 2.24) is 24.5 Å². The Morgan fingerprint density at radius 1 is 1.03 bits per heavy atom. The van der Waals surface area contributed by atoms with Crippen molar-refractivity contribution in [2.75, 3.05) is 18.9 Å². The second-order valence-electron chi connectivity index (χ2n) is 7.42. The summed E-state index contributed by atoms with van der Waals surface area (Å²) in [6.45, 7) is -0.485. The van der Waals surface area contributed by atoms with Crippen molar-refractivity contribution >= 4 is 40.3 Å². The Kier molecular flexibility index (Phi) is 9.49. The molecule has 0 fully saturated rings. The number of fused-ring (bicyclic) bond motifs is 1. The number of phosphoric ester groups is 1. The van der Waals surface area contributed by atoms with Gasteiger partial charge in [0.25, 0.3) is 0 Å². The minimum atomic E-state index is -5.75. The van der Waals surface area contributed by atoms with E-state index in [0.717, 1.165) is 6.33 Å². The van der Waals surface area contributed by atoms with E-state index in [1.165, 1.54) is 30.1 Å². The van der Waals surface area contributed by atoms with Crippen LogP contribution in [0.5, 0.6) is 0 Å². The van der Waals surface area contributed by atoms with Crippen LogP contribution in [-0.4, -0.2) is 79.7 Å². The zero-order valence-corrected chi connectivity index (χ0v) is 21.9. The first kappa shape index (κ1) is 30.3. The van der Waals surface area contributed by atoms with Gasteiger partial charge in [0, 0.05) is 18.6 Å². The maximum Gasteiger partial charge on any atom is 0.490 e. The summed E-state index contributed by atoms with van der Waals surface area (Å²) < 4.78 is 53.1. The fraction of sp³-hybridized carbons (Fsp3) is 0.375. The van der Waals surface area contributed by atoms with Crippen molar-refractivity contribution in [2.45, 2.75) is 25.4 Å². The average molecular weight is 600 g/mol. The third-order valence-electron chi connectivity index (χ3n) is 4.60. The van der Waals surface area contributed by atoms with Crippen LogP contribution in [0.1, 0.15) is 13.2 Å². The quantitative estimate of drug-likeness (QED) is 0.128. The van der Waals surface area contributed by atoms with Crippen molar-refractivity contribution in [3.63, 3.8) is 0 Å². The Balaban J connectivity index is 1.85. The number of hydrogen-bond acceptors (Lipinski definition) is 14. The molecule has 0 aliphatic rings. The van der Waals surface area contributed by atoms with E-state index in [4.69, 9.17) is 20.3 Å². The van der Waals surface area contributed by atoms with E-state index in [-0.39, 0.29) is 17.3 Å². The number of rotatable bonds is 13. The van der Waals surface area contributed by atoms with Crippen LogP contribution >= 0.6 is 23.5 Å². The number of aliphatic hydroxyl groups excluding tert-OH is 2. The zero-order chi connectivity index (χ0) is 28.3. The number of nitrogens with two attached hydrogens (primary N) is 1. The molecule has 3 rings (SSSR count). The summed E-state index contributed by atoms with van der Waals surface area (Å²) in [5.74, 6) is 0.307. The first-order valence-electron chi connectivity index (χ1n) is 10.2. The van der Waals surface area contributed by atoms with Gasteiger partial charge in [-0.25, -0.2) is 33.6 Å². The zero-order valence-electron chi connectivity index (χ0n) is 19.2. The molecule has 210 valence electrons. The third-order valence-corrected chi connectivity index (χ3v) is 8.40. The second kappa shape index (κ2) is 11.9. The topological polar surface area (TPSA) is 292 Å². The highest BCUT2D eigenvalue weighted by Crippen LogP contribution is 2.66. The van der Waals surface area contributed by atoms with Crippen molar-refractivity contribution < 1.29 is 61.4 Å². The van der Waals surface area contributed by atoms with E-state index in [9.17, 15) is 33.7 Å². The molecule has 5 atom stereocenters. The molecule has 22 heteroatoms. The van der Waals surface area contributed by atoms with Gasteiger partial charge in [-0.1, -0.05) is 0 Å². The summed E-state index contributed by atoms with van der Waals surface area (Å²) in [4.78, 5) is 52.6. The van der Waals surface area contributed by atoms with Gasteiger partial charge in [0.1, 0.15) is 23.9 Å². The maximum atomic E-state index is 12.0. The lowest BCUT2D eigenvalue weighted by atomic mass is 10.2. The highest BCUT2D eigenvalue weighted by molar-refractivity contribution is 7.66. The molecule has 0 amide bonds. The third kappa shape index (κ3) is 7.91. The van der Waals surface area contributed by atoms with Gasteiger partial charge in [0.15, 0.2) is 12.1 Å². The van der Waals surface area contributed by atoms with Gasteiger partial charge >= 0.3 is 23.5 Å². The molecule has 0 bridgehead atoms. The van der Waals surface area contributed by atoms with Gasteiger partial charge in [-0.05, 0) is 13.0 Å². The number of phosphoric acid groups is 3. The largest absolute Gasteiger partial charge is 0.490 e. The van der Waals surface area contributed by atoms with Crippen LogP contribution in [0.3, 0.4) is 0 Å². The molecule has 0 radical (unpaired) electrons. The molecule has 8 N–H and O–H groups in total. The molecule has 3 unspecified atom stereocenters. The number of ether oxygens (including phenoxy) is 1. The number of hydrogen-bond donors (Lipinski definition) is 7. The van der Waals surface area contributed by atoms with E-state index < -0.39 is 55.1 Å². The molecular formula is C16H23N6O13P3. The Bertz CT molecular complexity index is 1400. The maximum absolute atomic E-state index is 12.0. The molecule has 19 nitrogen and oxygen atoms in total. The molecule has 3 aromatic rings. The number of nitrogen functional groups attached to an aromatic ring is 1. The number of aromatic nitrogens is 5. The number of anilines is 1. The minimum Gasteiger partial charge on any atom is -0.392 e. The Morgan fingerprint density at radius 3 is 2.26 bits per heavy atom. The van der Waals surface area contributed by atoms with Crippen molar-refractivity contribution in [1.29, 1.82) is 0 Å². The summed E-state index contributed by atoms with van der Waals surface area (Å²) in [7, 11) is -16.8. The normalized spacial score (nSPS) is 18.0. The summed E-state index contributed by atoms with van der Waals surface area (Å²) in [5.41, 5.74) is 6.58. The Morgan fingerprint density at radius 2 is 1.68 bits per heavy atom. The number of aliphatic hydroxyl groups is 2. The monoisotopic (exact) mass is 600 g/mol. The lowest BCUT2D eigenvalue weighted by Crippen LogP contribution is -2.35. The van der Waals surface area contributed by atoms with Crippen LogP contribution < -0.4 is 5.73 Å². The smallest absolute Gasteiger partial charge is 0.392 e. The van der Waals surface area contributed by atoms with Gasteiger partial charge in [0.2, 0.25) is 0 Å². The van der Waals surface area contributed by atoms with Crippen LogP contribution in [0.2, 0.25) is 0 Å². The van der Waals surface area contributed by atoms with Crippen LogP contribution in [0.4, 0.5) is 5.82 Å². The summed E-state index contributed by atoms with van der Waals surface area (Å²) >= 11 is 0. The molecule has 3 heterocycles. The summed E-state index contributed by atoms with van der Waals surface area (Å²) in [6.07, 6.45) is 1.36. The second-order valence-corrected chi connectivity index (χ2v) is 11.8. The van der Waals surface area contributed by atoms with E-state index in [1.807, 2.05) is 0 Å². The molecule has 38 heavy (non-hydrogen) atoms. The molecule has 0 aliphatic carbocycles. The van der Waals surface area contributed by atoms with Crippen LogP contribution in [0, 0.1) is 0 Å². The predicted molar refractivity (Wildman–Crippen MR) is 125 cm³/mol. The molecule has 3 aromatic heterocycles. The fourth-order valence-electron chi connectivity index (χ4n) is 3.10. The fourth-order valence-corrected chi connectivity index (χ4v) is 6.13. The van der Waals surface area contributed by atoms with E-state index in [2.05, 4.69) is 33.1 Å². The van der Waals surface area contributed by atoms with Gasteiger partial charge in [-0.3, -0.25) is 4.52 Å². The van der Waals surface area contributed by atoms with E-state index in [1.54, 1.807) is 6.07 Å². The lowest BCUT2D eigenvalue weighted by molar-refractivity contribution is -0.130. The molecule has 0 spiro atoms. The molecular weight excluding hydrogens is 577 g/mol. The SMILES string of the molecule is C[C@H](O)C(COP(=O)(O)OP(=O)(O)OP(=O)(O)O)O[C@H](CO)n1cc(-c2ncccn2)c2c(N)ncnc21. The van der Waals surface area contributed by atoms with E-state index in [0.29, 0.717) is 10.9 Å². The van der Waals surface area contributed by atoms with Crippen LogP contribution in [-0.2, 0) is 31.6 Å². The van der Waals surface area contributed by atoms with Crippen molar-refractivity contribution in [3.05, 3.63) is 31.0 Å². The average Bonchev–Trinajstić information content (AvgIpc) is 3.18. The van der Waals surface area contributed by atoms with E-state index >= 15 is 0 Å². The van der Waals surface area contributed by atoms with Crippen LogP contribution in [0.15, 0.2) is 31.0 Å². The Labute approximate surface area is 213 Å². The van der Waals surface area contributed by atoms with Gasteiger partial charge in [-0.2, -0.15) is 8.62 Å². The molecule has 0 saturated carbocycles. The number of nitrogens with zero attached hydrogens (tertiary/aromatic N) is 5. The molecule has 0 aliphatic heterocycles. The first-order valence-corrected chi connectivity index (χ1v) is 14.8. The summed E-state index contributed by atoms with van der Waals surface area (Å²) in [5, 5.41) is 20.5. The standard InChI is InChI=1S/C16H23N6O13P3/c1-9(24)11(7-32-37(28,29)35-38(30,31)34-36(25,26)27)33-12(6-23)22-5-10(15-18-3-2-4-19-15)13-14(17)20-8-21-16(13)22/h2-5,8-9,11-12,23-24H,6-7H2,1H3,(H,28,29)(H,30,31)(H2,17,20,21)(H2,25,26,27)/t9-,11?,12+/m0/s1. The Hall–Kier alpha value is -2.21. The predicted octanol–water partition coefficient (Wildman–Crippen LogP) is 0.0707. The lowest BCUT2D eigenvalue weighted by Gasteiger charge is -2.27. The molecule has 0 saturated heterocycles. The van der Waals surface area contributed by atoms with Gasteiger partial charge in [-0.15, -0.1) is 0 Å². The van der Waals surface area contributed by atoms with Crippen molar-refractivity contribution in [2.24, 2.45) is 0 Å². The van der Waals surface area contributed by atoms with Crippen LogP contribution in [0.25, 0.3) is 22.4 Å². The highest BCUT2D eigenvalue weighted by Gasteiger charge is 2.41. The summed E-state index contributed by atoms with van der Waals surface area (Å²) in [6, 6.07) is 1.59. The van der Waals surface area contributed by atoms with Gasteiger partial charge < -0.3 is 44.8 Å². The van der Waals surface area contributed by atoms with Crippen molar-refractivity contribution in [3.8, 4) is 11.4 Å². The first-order chi connectivity index (χ1) is 17.6. The van der Waals surface area contributed by atoms with Gasteiger partial charge in [0.05, 0.1) is 30.3 Å².